The minimum absolute atomic E-state index is 0.0971. The first-order chi connectivity index (χ1) is 14.8. The SMILES string of the molecule is Cc1ncoc1-c1ccc(C(F)(F)F)c(F)c1F.[C-]#[N+]C(C)S(=O)(=O)c1ccc(S)cc1. The van der Waals surface area contributed by atoms with Crippen molar-refractivity contribution in [3.8, 4) is 11.3 Å². The predicted molar refractivity (Wildman–Crippen MR) is 109 cm³/mol. The molecule has 12 heteroatoms. The number of aryl methyl sites for hydroxylation is 1. The van der Waals surface area contributed by atoms with Crippen LogP contribution in [0, 0.1) is 25.1 Å². The van der Waals surface area contributed by atoms with Crippen LogP contribution in [0.15, 0.2) is 57.0 Å². The number of thiol groups is 1. The molecule has 0 saturated carbocycles. The van der Waals surface area contributed by atoms with Crippen molar-refractivity contribution in [2.45, 2.75) is 35.2 Å². The number of benzene rings is 2. The van der Waals surface area contributed by atoms with E-state index in [1.165, 1.54) is 26.0 Å². The lowest BCUT2D eigenvalue weighted by atomic mass is 10.1. The van der Waals surface area contributed by atoms with Crippen LogP contribution in [0.4, 0.5) is 22.0 Å². The van der Waals surface area contributed by atoms with Gasteiger partial charge in [0.15, 0.2) is 23.8 Å². The second-order valence-electron chi connectivity index (χ2n) is 6.32. The fourth-order valence-electron chi connectivity index (χ4n) is 2.41. The smallest absolute Gasteiger partial charge is 0.419 e. The second kappa shape index (κ2) is 9.70. The largest absolute Gasteiger partial charge is 0.443 e. The van der Waals surface area contributed by atoms with Gasteiger partial charge < -0.3 is 4.42 Å². The number of rotatable bonds is 3. The van der Waals surface area contributed by atoms with E-state index >= 15 is 0 Å². The van der Waals surface area contributed by atoms with Gasteiger partial charge in [0.05, 0.1) is 21.7 Å². The van der Waals surface area contributed by atoms with Gasteiger partial charge in [0.1, 0.15) is 0 Å². The number of hydrogen-bond donors (Lipinski definition) is 1. The summed E-state index contributed by atoms with van der Waals surface area (Å²) in [5.41, 5.74) is -1.79. The van der Waals surface area contributed by atoms with E-state index in [0.717, 1.165) is 12.5 Å². The van der Waals surface area contributed by atoms with Crippen molar-refractivity contribution in [2.24, 2.45) is 0 Å². The van der Waals surface area contributed by atoms with E-state index in [1.54, 1.807) is 12.1 Å². The number of halogens is 5. The van der Waals surface area contributed by atoms with E-state index in [-0.39, 0.29) is 16.3 Å². The lowest BCUT2D eigenvalue weighted by Gasteiger charge is -2.10. The lowest BCUT2D eigenvalue weighted by molar-refractivity contribution is -0.140. The topological polar surface area (TPSA) is 64.5 Å². The molecule has 0 N–H and O–H groups in total. The van der Waals surface area contributed by atoms with Crippen molar-refractivity contribution >= 4 is 22.5 Å². The molecular formula is C20H15F5N2O3S2. The van der Waals surface area contributed by atoms with Crippen molar-refractivity contribution in [1.82, 2.24) is 4.98 Å². The summed E-state index contributed by atoms with van der Waals surface area (Å²) in [5.74, 6) is -3.65. The van der Waals surface area contributed by atoms with E-state index < -0.39 is 44.1 Å². The first-order valence-corrected chi connectivity index (χ1v) is 10.6. The number of oxazole rings is 1. The highest BCUT2D eigenvalue weighted by molar-refractivity contribution is 7.92. The molecule has 32 heavy (non-hydrogen) atoms. The maximum Gasteiger partial charge on any atom is 0.419 e. The van der Waals surface area contributed by atoms with Crippen LogP contribution in [0.1, 0.15) is 18.2 Å². The summed E-state index contributed by atoms with van der Waals surface area (Å²) < 4.78 is 92.0. The number of sulfone groups is 1. The summed E-state index contributed by atoms with van der Waals surface area (Å²) in [4.78, 5) is 7.52. The van der Waals surface area contributed by atoms with Crippen LogP contribution in [0.2, 0.25) is 0 Å². The first-order valence-electron chi connectivity index (χ1n) is 8.65. The fraction of sp³-hybridized carbons (Fsp3) is 0.200. The van der Waals surface area contributed by atoms with Crippen molar-refractivity contribution < 1.29 is 34.8 Å². The van der Waals surface area contributed by atoms with Gasteiger partial charge in [0.25, 0.3) is 9.84 Å². The van der Waals surface area contributed by atoms with Crippen LogP contribution in [-0.4, -0.2) is 18.8 Å². The Morgan fingerprint density at radius 3 is 2.16 bits per heavy atom. The van der Waals surface area contributed by atoms with Gasteiger partial charge >= 0.3 is 11.6 Å². The minimum atomic E-state index is -4.94. The Balaban J connectivity index is 0.000000235. The molecule has 1 heterocycles. The molecule has 0 aliphatic rings. The van der Waals surface area contributed by atoms with E-state index in [9.17, 15) is 30.4 Å². The van der Waals surface area contributed by atoms with Crippen LogP contribution in [0.25, 0.3) is 16.2 Å². The van der Waals surface area contributed by atoms with E-state index in [1.807, 2.05) is 0 Å². The third kappa shape index (κ3) is 5.46. The van der Waals surface area contributed by atoms with Crippen molar-refractivity contribution in [3.05, 3.63) is 77.1 Å². The van der Waals surface area contributed by atoms with Gasteiger partial charge in [-0.05, 0) is 43.3 Å². The Morgan fingerprint density at radius 1 is 1.09 bits per heavy atom. The first kappa shape index (κ1) is 25.4. The van der Waals surface area contributed by atoms with Crippen LogP contribution in [-0.2, 0) is 16.0 Å². The second-order valence-corrected chi connectivity index (χ2v) is 9.08. The molecule has 0 radical (unpaired) electrons. The van der Waals surface area contributed by atoms with Gasteiger partial charge in [-0.1, -0.05) is 0 Å². The maximum atomic E-state index is 13.6. The zero-order valence-electron chi connectivity index (χ0n) is 16.5. The zero-order chi connectivity index (χ0) is 24.3. The average molecular weight is 490 g/mol. The molecular weight excluding hydrogens is 475 g/mol. The molecule has 2 aromatic carbocycles. The Kier molecular flexibility index (Phi) is 7.69. The van der Waals surface area contributed by atoms with Crippen LogP contribution in [0.5, 0.6) is 0 Å². The molecule has 0 fully saturated rings. The molecule has 0 aliphatic carbocycles. The molecule has 1 unspecified atom stereocenters. The minimum Gasteiger partial charge on any atom is -0.443 e. The maximum absolute atomic E-state index is 13.6. The van der Waals surface area contributed by atoms with Crippen LogP contribution >= 0.6 is 12.6 Å². The van der Waals surface area contributed by atoms with E-state index in [4.69, 9.17) is 11.0 Å². The Bertz CT molecular complexity index is 1250. The molecule has 1 aromatic heterocycles. The molecule has 0 saturated heterocycles. The van der Waals surface area contributed by atoms with Gasteiger partial charge in [-0.15, -0.1) is 12.6 Å². The third-order valence-corrected chi connectivity index (χ3v) is 6.40. The summed E-state index contributed by atoms with van der Waals surface area (Å²) in [5, 5.41) is -1.03. The molecule has 0 aliphatic heterocycles. The molecule has 1 atom stereocenters. The molecule has 0 amide bonds. The molecule has 170 valence electrons. The standard InChI is InChI=1S/C11H6F5NO.C9H9NO2S2/c1-5-10(18-4-17-5)6-2-3-7(11(14,15)16)9(13)8(6)12;1-7(10-2)14(11,12)9-5-3-8(13)4-6-9/h2-4H,1H3;3-7,13H,1H3. The highest BCUT2D eigenvalue weighted by atomic mass is 32.2. The Labute approximate surface area is 186 Å². The molecule has 5 nitrogen and oxygen atoms in total. The summed E-state index contributed by atoms with van der Waals surface area (Å²) in [6.07, 6.45) is -3.94. The number of aromatic nitrogens is 1. The molecule has 3 rings (SSSR count). The van der Waals surface area contributed by atoms with Gasteiger partial charge in [-0.25, -0.2) is 28.8 Å². The van der Waals surface area contributed by atoms with Gasteiger partial charge in [0, 0.05) is 11.8 Å². The molecule has 0 bridgehead atoms. The summed E-state index contributed by atoms with van der Waals surface area (Å²) in [6, 6.07) is 7.38. The molecule has 0 spiro atoms. The number of alkyl halides is 3. The quantitative estimate of drug-likeness (QED) is 0.280. The number of hydrogen-bond acceptors (Lipinski definition) is 5. The van der Waals surface area contributed by atoms with Crippen molar-refractivity contribution in [3.63, 3.8) is 0 Å². The summed E-state index contributed by atoms with van der Waals surface area (Å²) in [7, 11) is -3.49. The average Bonchev–Trinajstić information content (AvgIpc) is 3.14. The van der Waals surface area contributed by atoms with Gasteiger partial charge in [-0.2, -0.15) is 13.2 Å². The van der Waals surface area contributed by atoms with Crippen LogP contribution < -0.4 is 0 Å². The summed E-state index contributed by atoms with van der Waals surface area (Å²) in [6.45, 7) is 9.52. The lowest BCUT2D eigenvalue weighted by Crippen LogP contribution is -2.13. The van der Waals surface area contributed by atoms with Gasteiger partial charge in [-0.3, -0.25) is 4.85 Å². The zero-order valence-corrected chi connectivity index (χ0v) is 18.2. The van der Waals surface area contributed by atoms with E-state index in [2.05, 4.69) is 22.5 Å². The Hall–Kier alpha value is -2.91. The third-order valence-electron chi connectivity index (χ3n) is 4.17. The highest BCUT2D eigenvalue weighted by Crippen LogP contribution is 2.36. The monoisotopic (exact) mass is 490 g/mol. The van der Waals surface area contributed by atoms with Crippen molar-refractivity contribution in [1.29, 1.82) is 0 Å². The Morgan fingerprint density at radius 2 is 1.69 bits per heavy atom. The van der Waals surface area contributed by atoms with Gasteiger partial charge in [0.2, 0.25) is 0 Å². The van der Waals surface area contributed by atoms with Crippen LogP contribution in [0.3, 0.4) is 0 Å². The summed E-state index contributed by atoms with van der Waals surface area (Å²) >= 11 is 4.05. The highest BCUT2D eigenvalue weighted by Gasteiger charge is 2.36. The number of nitrogens with zero attached hydrogens (tertiary/aromatic N) is 2. The molecule has 3 aromatic rings. The van der Waals surface area contributed by atoms with Crippen molar-refractivity contribution in [2.75, 3.05) is 0 Å². The fourth-order valence-corrected chi connectivity index (χ4v) is 3.60. The van der Waals surface area contributed by atoms with E-state index in [0.29, 0.717) is 11.0 Å². The predicted octanol–water partition coefficient (Wildman–Crippen LogP) is 5.96. The normalized spacial score (nSPS) is 12.5.